The Hall–Kier alpha value is -3.34. The fraction of sp³-hybridized carbons (Fsp3) is 0.250. The van der Waals surface area contributed by atoms with Crippen molar-refractivity contribution < 1.29 is 4.79 Å². The third-order valence-electron chi connectivity index (χ3n) is 5.26. The maximum atomic E-state index is 13.0. The Morgan fingerprint density at radius 3 is 2.52 bits per heavy atom. The third-order valence-corrected chi connectivity index (χ3v) is 5.26. The van der Waals surface area contributed by atoms with Gasteiger partial charge < -0.3 is 15.1 Å². The summed E-state index contributed by atoms with van der Waals surface area (Å²) >= 11 is 0. The molecule has 1 aliphatic heterocycles. The number of nitrogens with one attached hydrogen (secondary N) is 1. The molecule has 0 atom stereocenters. The number of amides is 1. The van der Waals surface area contributed by atoms with E-state index >= 15 is 0 Å². The second kappa shape index (κ2) is 8.78. The van der Waals surface area contributed by atoms with Gasteiger partial charge in [-0.2, -0.15) is 0 Å². The van der Waals surface area contributed by atoms with Gasteiger partial charge in [0.05, 0.1) is 0 Å². The minimum Gasteiger partial charge on any atom is -0.368 e. The SMILES string of the molecule is Cc1cccc(N2CCN(C(=O)c3ccnc(NCc4ccccc4)c3)CC2)c1. The number of aromatic nitrogens is 1. The minimum absolute atomic E-state index is 0.0686. The van der Waals surface area contributed by atoms with Gasteiger partial charge in [0.25, 0.3) is 5.91 Å². The highest BCUT2D eigenvalue weighted by Gasteiger charge is 2.22. The molecule has 29 heavy (non-hydrogen) atoms. The van der Waals surface area contributed by atoms with Crippen LogP contribution in [0.15, 0.2) is 72.9 Å². The summed E-state index contributed by atoms with van der Waals surface area (Å²) in [5.41, 5.74) is 4.35. The van der Waals surface area contributed by atoms with Gasteiger partial charge in [-0.25, -0.2) is 4.98 Å². The summed E-state index contributed by atoms with van der Waals surface area (Å²) in [6.07, 6.45) is 1.70. The zero-order chi connectivity index (χ0) is 20.1. The molecule has 0 radical (unpaired) electrons. The summed E-state index contributed by atoms with van der Waals surface area (Å²) in [6, 6.07) is 22.3. The summed E-state index contributed by atoms with van der Waals surface area (Å²) in [7, 11) is 0. The number of hydrogen-bond acceptors (Lipinski definition) is 4. The van der Waals surface area contributed by atoms with E-state index in [9.17, 15) is 4.79 Å². The number of hydrogen-bond donors (Lipinski definition) is 1. The van der Waals surface area contributed by atoms with Crippen LogP contribution in [0.4, 0.5) is 11.5 Å². The molecular formula is C24H26N4O. The molecule has 4 rings (SSSR count). The van der Waals surface area contributed by atoms with E-state index in [1.165, 1.54) is 16.8 Å². The van der Waals surface area contributed by atoms with Crippen LogP contribution in [0.5, 0.6) is 0 Å². The fourth-order valence-corrected chi connectivity index (χ4v) is 3.62. The Labute approximate surface area is 172 Å². The second-order valence-electron chi connectivity index (χ2n) is 7.39. The van der Waals surface area contributed by atoms with Crippen LogP contribution in [0, 0.1) is 6.92 Å². The molecule has 1 aromatic heterocycles. The van der Waals surface area contributed by atoms with Gasteiger partial charge in [0, 0.05) is 50.2 Å². The molecule has 1 saturated heterocycles. The first-order chi connectivity index (χ1) is 14.2. The largest absolute Gasteiger partial charge is 0.368 e. The van der Waals surface area contributed by atoms with Crippen molar-refractivity contribution in [3.05, 3.63) is 89.6 Å². The smallest absolute Gasteiger partial charge is 0.254 e. The van der Waals surface area contributed by atoms with Crippen molar-refractivity contribution in [2.24, 2.45) is 0 Å². The predicted molar refractivity (Wildman–Crippen MR) is 117 cm³/mol. The molecule has 1 fully saturated rings. The van der Waals surface area contributed by atoms with E-state index in [0.29, 0.717) is 12.1 Å². The van der Waals surface area contributed by atoms with Gasteiger partial charge in [-0.05, 0) is 42.3 Å². The summed E-state index contributed by atoms with van der Waals surface area (Å²) in [5, 5.41) is 3.30. The Bertz CT molecular complexity index is 965. The number of piperazine rings is 1. The molecule has 0 saturated carbocycles. The molecule has 0 bridgehead atoms. The first-order valence-electron chi connectivity index (χ1n) is 10.0. The Kier molecular flexibility index (Phi) is 5.75. The van der Waals surface area contributed by atoms with Gasteiger partial charge in [0.2, 0.25) is 0 Å². The number of benzene rings is 2. The number of carbonyl (C=O) groups is 1. The van der Waals surface area contributed by atoms with Crippen molar-refractivity contribution >= 4 is 17.4 Å². The molecule has 3 aromatic rings. The molecule has 5 heteroatoms. The maximum absolute atomic E-state index is 13.0. The number of aryl methyl sites for hydroxylation is 1. The molecule has 1 amide bonds. The zero-order valence-electron chi connectivity index (χ0n) is 16.7. The number of nitrogens with zero attached hydrogens (tertiary/aromatic N) is 3. The highest BCUT2D eigenvalue weighted by Crippen LogP contribution is 2.19. The van der Waals surface area contributed by atoms with Gasteiger partial charge in [0.1, 0.15) is 5.82 Å². The van der Waals surface area contributed by atoms with Crippen LogP contribution in [-0.2, 0) is 6.54 Å². The molecule has 0 aliphatic carbocycles. The summed E-state index contributed by atoms with van der Waals surface area (Å²) in [6.45, 7) is 5.93. The Morgan fingerprint density at radius 2 is 1.76 bits per heavy atom. The number of rotatable bonds is 5. The first-order valence-corrected chi connectivity index (χ1v) is 10.0. The predicted octanol–water partition coefficient (Wildman–Crippen LogP) is 3.96. The topological polar surface area (TPSA) is 48.5 Å². The highest BCUT2D eigenvalue weighted by atomic mass is 16.2. The Morgan fingerprint density at radius 1 is 0.966 bits per heavy atom. The fourth-order valence-electron chi connectivity index (χ4n) is 3.62. The molecule has 2 heterocycles. The van der Waals surface area contributed by atoms with Gasteiger partial charge in [-0.1, -0.05) is 42.5 Å². The first kappa shape index (κ1) is 19.0. The minimum atomic E-state index is 0.0686. The van der Waals surface area contributed by atoms with E-state index in [1.54, 1.807) is 12.3 Å². The van der Waals surface area contributed by atoms with Gasteiger partial charge in [-0.3, -0.25) is 4.79 Å². The average molecular weight is 386 g/mol. The van der Waals surface area contributed by atoms with E-state index in [4.69, 9.17) is 0 Å². The molecule has 0 spiro atoms. The van der Waals surface area contributed by atoms with Gasteiger partial charge >= 0.3 is 0 Å². The number of anilines is 2. The van der Waals surface area contributed by atoms with Gasteiger partial charge in [-0.15, -0.1) is 0 Å². The van der Waals surface area contributed by atoms with Gasteiger partial charge in [0.15, 0.2) is 0 Å². The highest BCUT2D eigenvalue weighted by molar-refractivity contribution is 5.95. The van der Waals surface area contributed by atoms with Crippen molar-refractivity contribution in [2.45, 2.75) is 13.5 Å². The van der Waals surface area contributed by atoms with E-state index in [2.05, 4.69) is 58.5 Å². The maximum Gasteiger partial charge on any atom is 0.254 e. The normalized spacial score (nSPS) is 14.0. The van der Waals surface area contributed by atoms with Crippen LogP contribution in [0.25, 0.3) is 0 Å². The monoisotopic (exact) mass is 386 g/mol. The van der Waals surface area contributed by atoms with Crippen LogP contribution < -0.4 is 10.2 Å². The summed E-state index contributed by atoms with van der Waals surface area (Å²) in [4.78, 5) is 21.6. The second-order valence-corrected chi connectivity index (χ2v) is 7.39. The van der Waals surface area contributed by atoms with Crippen LogP contribution in [0.3, 0.4) is 0 Å². The molecule has 0 unspecified atom stereocenters. The van der Waals surface area contributed by atoms with Crippen LogP contribution >= 0.6 is 0 Å². The third kappa shape index (κ3) is 4.74. The van der Waals surface area contributed by atoms with Crippen molar-refractivity contribution in [1.82, 2.24) is 9.88 Å². The number of pyridine rings is 1. The Balaban J connectivity index is 1.36. The van der Waals surface area contributed by atoms with E-state index in [1.807, 2.05) is 29.2 Å². The molecule has 1 aliphatic rings. The van der Waals surface area contributed by atoms with Crippen LogP contribution in [0.1, 0.15) is 21.5 Å². The molecule has 148 valence electrons. The van der Waals surface area contributed by atoms with Crippen LogP contribution in [-0.4, -0.2) is 42.0 Å². The average Bonchev–Trinajstić information content (AvgIpc) is 2.78. The zero-order valence-corrected chi connectivity index (χ0v) is 16.7. The van der Waals surface area contributed by atoms with Crippen molar-refractivity contribution in [3.63, 3.8) is 0 Å². The quantitative estimate of drug-likeness (QED) is 0.721. The lowest BCUT2D eigenvalue weighted by molar-refractivity contribution is 0.0746. The lowest BCUT2D eigenvalue weighted by atomic mass is 10.1. The number of carbonyl (C=O) groups excluding carboxylic acids is 1. The van der Waals surface area contributed by atoms with Crippen molar-refractivity contribution in [2.75, 3.05) is 36.4 Å². The van der Waals surface area contributed by atoms with E-state index < -0.39 is 0 Å². The van der Waals surface area contributed by atoms with Crippen molar-refractivity contribution in [1.29, 1.82) is 0 Å². The standard InChI is InChI=1S/C24H26N4O/c1-19-6-5-9-22(16-19)27-12-14-28(15-13-27)24(29)21-10-11-25-23(17-21)26-18-20-7-3-2-4-8-20/h2-11,16-17H,12-15,18H2,1H3,(H,25,26). The van der Waals surface area contributed by atoms with E-state index in [0.717, 1.165) is 32.0 Å². The lowest BCUT2D eigenvalue weighted by Crippen LogP contribution is -2.48. The molecule has 2 aromatic carbocycles. The molecule has 1 N–H and O–H groups in total. The summed E-state index contributed by atoms with van der Waals surface area (Å²) < 4.78 is 0. The summed E-state index contributed by atoms with van der Waals surface area (Å²) in [5.74, 6) is 0.789. The molecule has 5 nitrogen and oxygen atoms in total. The van der Waals surface area contributed by atoms with Crippen molar-refractivity contribution in [3.8, 4) is 0 Å². The molecular weight excluding hydrogens is 360 g/mol. The van der Waals surface area contributed by atoms with E-state index in [-0.39, 0.29) is 5.91 Å². The lowest BCUT2D eigenvalue weighted by Gasteiger charge is -2.36. The van der Waals surface area contributed by atoms with Crippen LogP contribution in [0.2, 0.25) is 0 Å².